The summed E-state index contributed by atoms with van der Waals surface area (Å²) in [5, 5.41) is 10.2. The van der Waals surface area contributed by atoms with Gasteiger partial charge in [0, 0.05) is 6.54 Å². The number of rotatable bonds is 2. The van der Waals surface area contributed by atoms with Gasteiger partial charge in [-0.05, 0) is 25.0 Å². The fourth-order valence-electron chi connectivity index (χ4n) is 2.58. The largest absolute Gasteiger partial charge is 0.480 e. The molecule has 1 saturated heterocycles. The lowest BCUT2D eigenvalue weighted by Crippen LogP contribution is -2.40. The van der Waals surface area contributed by atoms with Crippen molar-refractivity contribution in [2.45, 2.75) is 31.7 Å². The maximum absolute atomic E-state index is 11.4. The lowest BCUT2D eigenvalue weighted by molar-refractivity contribution is -0.138. The van der Waals surface area contributed by atoms with Crippen molar-refractivity contribution in [3.63, 3.8) is 0 Å². The van der Waals surface area contributed by atoms with Crippen LogP contribution in [0.5, 0.6) is 0 Å². The summed E-state index contributed by atoms with van der Waals surface area (Å²) < 4.78 is 1.12. The molecule has 1 N–H and O–H groups in total. The third-order valence-corrected chi connectivity index (χ3v) is 4.64. The van der Waals surface area contributed by atoms with Gasteiger partial charge in [-0.15, -0.1) is 0 Å². The highest BCUT2D eigenvalue weighted by atomic mass is 32.1. The van der Waals surface area contributed by atoms with E-state index >= 15 is 0 Å². The van der Waals surface area contributed by atoms with Gasteiger partial charge in [-0.3, -0.25) is 0 Å². The first-order valence-electron chi connectivity index (χ1n) is 6.61. The Morgan fingerprint density at radius 2 is 2.16 bits per heavy atom. The molecule has 3 rings (SSSR count). The second kappa shape index (κ2) is 5.17. The molecule has 0 saturated carbocycles. The average molecular weight is 276 g/mol. The smallest absolute Gasteiger partial charge is 0.326 e. The number of aliphatic carboxylic acids is 1. The lowest BCUT2D eigenvalue weighted by atomic mass is 10.1. The molecular formula is C14H16N2O2S. The van der Waals surface area contributed by atoms with Crippen LogP contribution in [0.1, 0.15) is 25.7 Å². The average Bonchev–Trinajstić information content (AvgIpc) is 2.66. The van der Waals surface area contributed by atoms with Crippen LogP contribution in [0.4, 0.5) is 5.13 Å². The van der Waals surface area contributed by atoms with Crippen LogP contribution in [-0.4, -0.2) is 28.6 Å². The first-order valence-corrected chi connectivity index (χ1v) is 7.42. The molecule has 0 amide bonds. The molecule has 1 aliphatic heterocycles. The minimum absolute atomic E-state index is 0.428. The molecule has 1 aliphatic rings. The Labute approximate surface area is 115 Å². The summed E-state index contributed by atoms with van der Waals surface area (Å²) in [5.41, 5.74) is 0.955. The lowest BCUT2D eigenvalue weighted by Gasteiger charge is -2.26. The van der Waals surface area contributed by atoms with E-state index in [0.717, 1.165) is 41.2 Å². The zero-order valence-electron chi connectivity index (χ0n) is 10.6. The van der Waals surface area contributed by atoms with Gasteiger partial charge in [-0.2, -0.15) is 0 Å². The van der Waals surface area contributed by atoms with E-state index in [1.54, 1.807) is 11.3 Å². The van der Waals surface area contributed by atoms with Gasteiger partial charge in [0.2, 0.25) is 0 Å². The minimum Gasteiger partial charge on any atom is -0.480 e. The highest BCUT2D eigenvalue weighted by Crippen LogP contribution is 2.32. The molecule has 0 spiro atoms. The van der Waals surface area contributed by atoms with Crippen molar-refractivity contribution in [3.8, 4) is 0 Å². The molecule has 1 atom stereocenters. The number of carboxylic acids is 1. The van der Waals surface area contributed by atoms with Crippen molar-refractivity contribution < 1.29 is 9.90 Å². The Morgan fingerprint density at radius 3 is 2.95 bits per heavy atom. The molecule has 2 aromatic rings. The van der Waals surface area contributed by atoms with Crippen LogP contribution in [-0.2, 0) is 4.79 Å². The zero-order valence-corrected chi connectivity index (χ0v) is 11.4. The number of nitrogens with zero attached hydrogens (tertiary/aromatic N) is 2. The standard InChI is InChI=1S/C14H16N2O2S/c17-13(18)11-7-2-1-5-9-16(11)14-15-10-6-3-4-8-12(10)19-14/h3-4,6,8,11H,1-2,5,7,9H2,(H,17,18). The fraction of sp³-hybridized carbons (Fsp3) is 0.429. The van der Waals surface area contributed by atoms with Gasteiger partial charge in [-0.25, -0.2) is 9.78 Å². The van der Waals surface area contributed by atoms with Gasteiger partial charge in [0.05, 0.1) is 10.2 Å². The zero-order chi connectivity index (χ0) is 13.2. The van der Waals surface area contributed by atoms with Crippen molar-refractivity contribution in [1.82, 2.24) is 4.98 Å². The molecule has 1 aromatic carbocycles. The topological polar surface area (TPSA) is 53.4 Å². The molecular weight excluding hydrogens is 260 g/mol. The number of hydrogen-bond acceptors (Lipinski definition) is 4. The van der Waals surface area contributed by atoms with E-state index in [1.807, 2.05) is 29.2 Å². The van der Waals surface area contributed by atoms with E-state index < -0.39 is 12.0 Å². The number of para-hydroxylation sites is 1. The van der Waals surface area contributed by atoms with Gasteiger partial charge in [-0.1, -0.05) is 36.3 Å². The first-order chi connectivity index (χ1) is 9.25. The number of aromatic nitrogens is 1. The number of anilines is 1. The van der Waals surface area contributed by atoms with Crippen LogP contribution < -0.4 is 4.90 Å². The predicted octanol–water partition coefficient (Wildman–Crippen LogP) is 3.13. The van der Waals surface area contributed by atoms with E-state index in [1.165, 1.54) is 0 Å². The van der Waals surface area contributed by atoms with Gasteiger partial charge in [0.15, 0.2) is 5.13 Å². The highest BCUT2D eigenvalue weighted by Gasteiger charge is 2.29. The summed E-state index contributed by atoms with van der Waals surface area (Å²) in [6.07, 6.45) is 3.84. The monoisotopic (exact) mass is 276 g/mol. The number of hydrogen-bond donors (Lipinski definition) is 1. The van der Waals surface area contributed by atoms with Gasteiger partial charge < -0.3 is 10.0 Å². The van der Waals surface area contributed by atoms with E-state index in [0.29, 0.717) is 6.42 Å². The summed E-state index contributed by atoms with van der Waals surface area (Å²) in [6, 6.07) is 7.53. The Balaban J connectivity index is 1.98. The third-order valence-electron chi connectivity index (χ3n) is 3.57. The summed E-state index contributed by atoms with van der Waals surface area (Å²) >= 11 is 1.59. The summed E-state index contributed by atoms with van der Waals surface area (Å²) in [6.45, 7) is 0.788. The van der Waals surface area contributed by atoms with Crippen molar-refractivity contribution >= 4 is 32.7 Å². The van der Waals surface area contributed by atoms with Crippen LogP contribution in [0.3, 0.4) is 0 Å². The van der Waals surface area contributed by atoms with Crippen LogP contribution in [0.15, 0.2) is 24.3 Å². The highest BCUT2D eigenvalue weighted by molar-refractivity contribution is 7.22. The molecule has 2 heterocycles. The molecule has 0 bridgehead atoms. The van der Waals surface area contributed by atoms with Gasteiger partial charge >= 0.3 is 5.97 Å². The normalized spacial score (nSPS) is 20.4. The van der Waals surface area contributed by atoms with Crippen LogP contribution in [0.25, 0.3) is 10.2 Å². The van der Waals surface area contributed by atoms with Crippen molar-refractivity contribution in [1.29, 1.82) is 0 Å². The van der Waals surface area contributed by atoms with Crippen molar-refractivity contribution in [3.05, 3.63) is 24.3 Å². The van der Waals surface area contributed by atoms with Crippen molar-refractivity contribution in [2.24, 2.45) is 0 Å². The number of benzene rings is 1. The number of fused-ring (bicyclic) bond motifs is 1. The fourth-order valence-corrected chi connectivity index (χ4v) is 3.62. The molecule has 0 radical (unpaired) electrons. The maximum Gasteiger partial charge on any atom is 0.326 e. The van der Waals surface area contributed by atoms with E-state index in [-0.39, 0.29) is 0 Å². The molecule has 19 heavy (non-hydrogen) atoms. The number of thiazole rings is 1. The van der Waals surface area contributed by atoms with E-state index in [4.69, 9.17) is 0 Å². The van der Waals surface area contributed by atoms with Crippen molar-refractivity contribution in [2.75, 3.05) is 11.4 Å². The summed E-state index contributed by atoms with van der Waals surface area (Å²) in [5.74, 6) is -0.735. The quantitative estimate of drug-likeness (QED) is 0.915. The summed E-state index contributed by atoms with van der Waals surface area (Å²) in [4.78, 5) is 18.0. The second-order valence-corrected chi connectivity index (χ2v) is 5.87. The summed E-state index contributed by atoms with van der Waals surface area (Å²) in [7, 11) is 0. The van der Waals surface area contributed by atoms with Crippen LogP contribution in [0, 0.1) is 0 Å². The van der Waals surface area contributed by atoms with Gasteiger partial charge in [0.25, 0.3) is 0 Å². The molecule has 0 aliphatic carbocycles. The molecule has 5 heteroatoms. The number of carboxylic acid groups (broad SMARTS) is 1. The van der Waals surface area contributed by atoms with E-state index in [2.05, 4.69) is 4.98 Å². The van der Waals surface area contributed by atoms with Crippen LogP contribution >= 0.6 is 11.3 Å². The Morgan fingerprint density at radius 1 is 1.32 bits per heavy atom. The SMILES string of the molecule is O=C(O)C1CCCCCN1c1nc2ccccc2s1. The second-order valence-electron chi connectivity index (χ2n) is 4.86. The Bertz CT molecular complexity index is 563. The molecule has 100 valence electrons. The van der Waals surface area contributed by atoms with Crippen LogP contribution in [0.2, 0.25) is 0 Å². The third kappa shape index (κ3) is 2.42. The molecule has 1 fully saturated rings. The Hall–Kier alpha value is -1.62. The minimum atomic E-state index is -0.735. The Kier molecular flexibility index (Phi) is 3.38. The molecule has 1 aromatic heterocycles. The first kappa shape index (κ1) is 12.4. The number of carbonyl (C=O) groups is 1. The molecule has 4 nitrogen and oxygen atoms in total. The van der Waals surface area contributed by atoms with Gasteiger partial charge in [0.1, 0.15) is 6.04 Å². The maximum atomic E-state index is 11.4. The molecule has 1 unspecified atom stereocenters. The predicted molar refractivity (Wildman–Crippen MR) is 76.9 cm³/mol. The van der Waals surface area contributed by atoms with E-state index in [9.17, 15) is 9.90 Å².